The van der Waals surface area contributed by atoms with Crippen molar-refractivity contribution in [2.24, 2.45) is 7.05 Å². The zero-order valence-corrected chi connectivity index (χ0v) is 8.09. The molecule has 0 aliphatic rings. The molecule has 0 spiro atoms. The Balaban J connectivity index is 2.64. The van der Waals surface area contributed by atoms with E-state index < -0.39 is 0 Å². The van der Waals surface area contributed by atoms with E-state index in [1.165, 1.54) is 11.4 Å². The zero-order chi connectivity index (χ0) is 8.97. The first-order valence-electron chi connectivity index (χ1n) is 4.50. The van der Waals surface area contributed by atoms with Gasteiger partial charge in [0.2, 0.25) is 0 Å². The largest absolute Gasteiger partial charge is 0.311 e. The predicted molar refractivity (Wildman–Crippen MR) is 50.0 cm³/mol. The summed E-state index contributed by atoms with van der Waals surface area (Å²) in [6, 6.07) is 2.16. The van der Waals surface area contributed by atoms with E-state index in [2.05, 4.69) is 30.3 Å². The molecule has 12 heavy (non-hydrogen) atoms. The van der Waals surface area contributed by atoms with Crippen molar-refractivity contribution in [1.82, 2.24) is 15.1 Å². The quantitative estimate of drug-likeness (QED) is 0.727. The van der Waals surface area contributed by atoms with E-state index in [-0.39, 0.29) is 0 Å². The van der Waals surface area contributed by atoms with Crippen LogP contribution in [0.1, 0.15) is 25.2 Å². The Labute approximate surface area is 73.8 Å². The van der Waals surface area contributed by atoms with Crippen LogP contribution < -0.4 is 5.32 Å². The maximum Gasteiger partial charge on any atom is 0.0625 e. The van der Waals surface area contributed by atoms with E-state index in [0.717, 1.165) is 19.5 Å². The normalized spacial score (nSPS) is 10.6. The average Bonchev–Trinajstić information content (AvgIpc) is 2.43. The molecule has 0 amide bonds. The number of hydrogen-bond acceptors (Lipinski definition) is 2. The molecule has 0 unspecified atom stereocenters. The molecule has 68 valence electrons. The fraction of sp³-hybridized carbons (Fsp3) is 0.667. The standard InChI is InChI=1S/C9H17N3/c1-4-8-6-9(7-10-5-2)12(3)11-8/h6,10H,4-5,7H2,1-3H3. The summed E-state index contributed by atoms with van der Waals surface area (Å²) in [4.78, 5) is 0. The molecular weight excluding hydrogens is 150 g/mol. The highest BCUT2D eigenvalue weighted by Gasteiger charge is 2.01. The Morgan fingerprint density at radius 2 is 2.25 bits per heavy atom. The number of aryl methyl sites for hydroxylation is 2. The molecule has 3 nitrogen and oxygen atoms in total. The van der Waals surface area contributed by atoms with Crippen molar-refractivity contribution in [3.8, 4) is 0 Å². The molecule has 1 aromatic rings. The van der Waals surface area contributed by atoms with Crippen LogP contribution in [0.5, 0.6) is 0 Å². The third kappa shape index (κ3) is 2.08. The minimum absolute atomic E-state index is 0.917. The maximum absolute atomic E-state index is 4.36. The summed E-state index contributed by atoms with van der Waals surface area (Å²) >= 11 is 0. The molecule has 0 saturated carbocycles. The highest BCUT2D eigenvalue weighted by atomic mass is 15.3. The molecule has 1 N–H and O–H groups in total. The Morgan fingerprint density at radius 1 is 1.50 bits per heavy atom. The molecule has 1 heterocycles. The van der Waals surface area contributed by atoms with Crippen molar-refractivity contribution < 1.29 is 0 Å². The molecule has 0 aliphatic carbocycles. The minimum atomic E-state index is 0.917. The van der Waals surface area contributed by atoms with Gasteiger partial charge in [0, 0.05) is 13.6 Å². The lowest BCUT2D eigenvalue weighted by Gasteiger charge is -2.00. The molecular formula is C9H17N3. The minimum Gasteiger partial charge on any atom is -0.311 e. The first kappa shape index (κ1) is 9.26. The van der Waals surface area contributed by atoms with Crippen LogP contribution in [0.4, 0.5) is 0 Å². The van der Waals surface area contributed by atoms with Crippen molar-refractivity contribution in [2.75, 3.05) is 6.54 Å². The summed E-state index contributed by atoms with van der Waals surface area (Å²) in [5, 5.41) is 7.64. The molecule has 0 aromatic carbocycles. The Hall–Kier alpha value is -0.830. The number of nitrogens with zero attached hydrogens (tertiary/aromatic N) is 2. The van der Waals surface area contributed by atoms with Crippen LogP contribution in [-0.2, 0) is 20.0 Å². The summed E-state index contributed by atoms with van der Waals surface area (Å²) in [5.74, 6) is 0. The van der Waals surface area contributed by atoms with Crippen LogP contribution in [0.3, 0.4) is 0 Å². The van der Waals surface area contributed by atoms with Crippen molar-refractivity contribution in [2.45, 2.75) is 26.8 Å². The molecule has 0 saturated heterocycles. The summed E-state index contributed by atoms with van der Waals surface area (Å²) in [6.07, 6.45) is 1.01. The van der Waals surface area contributed by atoms with Gasteiger partial charge < -0.3 is 5.32 Å². The third-order valence-corrected chi connectivity index (χ3v) is 1.95. The van der Waals surface area contributed by atoms with Crippen LogP contribution in [0.2, 0.25) is 0 Å². The van der Waals surface area contributed by atoms with Gasteiger partial charge in [-0.3, -0.25) is 4.68 Å². The molecule has 0 aliphatic heterocycles. The van der Waals surface area contributed by atoms with Gasteiger partial charge in [0.05, 0.1) is 11.4 Å². The lowest BCUT2D eigenvalue weighted by molar-refractivity contribution is 0.639. The van der Waals surface area contributed by atoms with Gasteiger partial charge >= 0.3 is 0 Å². The number of aromatic nitrogens is 2. The Morgan fingerprint density at radius 3 is 2.75 bits per heavy atom. The number of nitrogens with one attached hydrogen (secondary N) is 1. The van der Waals surface area contributed by atoms with Gasteiger partial charge in [0.15, 0.2) is 0 Å². The van der Waals surface area contributed by atoms with E-state index in [0.29, 0.717) is 0 Å². The summed E-state index contributed by atoms with van der Waals surface area (Å²) in [7, 11) is 1.99. The summed E-state index contributed by atoms with van der Waals surface area (Å²) in [5.41, 5.74) is 2.43. The zero-order valence-electron chi connectivity index (χ0n) is 8.09. The summed E-state index contributed by atoms with van der Waals surface area (Å²) in [6.45, 7) is 6.16. The fourth-order valence-electron chi connectivity index (χ4n) is 1.16. The SMILES string of the molecule is CCNCc1cc(CC)nn1C. The Bertz CT molecular complexity index is 240. The van der Waals surface area contributed by atoms with Gasteiger partial charge in [-0.25, -0.2) is 0 Å². The summed E-state index contributed by atoms with van der Waals surface area (Å²) < 4.78 is 1.95. The highest BCUT2D eigenvalue weighted by molar-refractivity contribution is 5.09. The lowest BCUT2D eigenvalue weighted by atomic mass is 10.3. The van der Waals surface area contributed by atoms with E-state index >= 15 is 0 Å². The lowest BCUT2D eigenvalue weighted by Crippen LogP contribution is -2.14. The number of rotatable bonds is 4. The van der Waals surface area contributed by atoms with Crippen molar-refractivity contribution >= 4 is 0 Å². The topological polar surface area (TPSA) is 29.9 Å². The van der Waals surface area contributed by atoms with E-state index in [1.54, 1.807) is 0 Å². The van der Waals surface area contributed by atoms with Crippen LogP contribution in [0, 0.1) is 0 Å². The molecule has 0 radical (unpaired) electrons. The number of hydrogen-bond donors (Lipinski definition) is 1. The second-order valence-corrected chi connectivity index (χ2v) is 2.88. The molecule has 0 fully saturated rings. The van der Waals surface area contributed by atoms with Gasteiger partial charge in [-0.1, -0.05) is 13.8 Å². The van der Waals surface area contributed by atoms with Gasteiger partial charge in [-0.05, 0) is 19.0 Å². The van der Waals surface area contributed by atoms with Crippen LogP contribution in [0.25, 0.3) is 0 Å². The monoisotopic (exact) mass is 167 g/mol. The maximum atomic E-state index is 4.36. The second kappa shape index (κ2) is 4.26. The average molecular weight is 167 g/mol. The van der Waals surface area contributed by atoms with E-state index in [1.807, 2.05) is 11.7 Å². The second-order valence-electron chi connectivity index (χ2n) is 2.88. The van der Waals surface area contributed by atoms with Crippen LogP contribution >= 0.6 is 0 Å². The molecule has 3 heteroatoms. The molecule has 1 rings (SSSR count). The fourth-order valence-corrected chi connectivity index (χ4v) is 1.16. The smallest absolute Gasteiger partial charge is 0.0625 e. The van der Waals surface area contributed by atoms with Crippen molar-refractivity contribution in [3.05, 3.63) is 17.5 Å². The molecule has 0 atom stereocenters. The van der Waals surface area contributed by atoms with Crippen molar-refractivity contribution in [1.29, 1.82) is 0 Å². The van der Waals surface area contributed by atoms with Gasteiger partial charge in [-0.15, -0.1) is 0 Å². The predicted octanol–water partition coefficient (Wildman–Crippen LogP) is 1.09. The van der Waals surface area contributed by atoms with Gasteiger partial charge in [-0.2, -0.15) is 5.10 Å². The first-order valence-corrected chi connectivity index (χ1v) is 4.50. The van der Waals surface area contributed by atoms with E-state index in [9.17, 15) is 0 Å². The molecule has 1 aromatic heterocycles. The van der Waals surface area contributed by atoms with Gasteiger partial charge in [0.25, 0.3) is 0 Å². The van der Waals surface area contributed by atoms with E-state index in [4.69, 9.17) is 0 Å². The third-order valence-electron chi connectivity index (χ3n) is 1.95. The van der Waals surface area contributed by atoms with Gasteiger partial charge in [0.1, 0.15) is 0 Å². The van der Waals surface area contributed by atoms with Crippen LogP contribution in [-0.4, -0.2) is 16.3 Å². The first-order chi connectivity index (χ1) is 5.77. The highest BCUT2D eigenvalue weighted by Crippen LogP contribution is 2.02. The van der Waals surface area contributed by atoms with Crippen LogP contribution in [0.15, 0.2) is 6.07 Å². The molecule has 0 bridgehead atoms. The van der Waals surface area contributed by atoms with Crippen molar-refractivity contribution in [3.63, 3.8) is 0 Å². The Kier molecular flexibility index (Phi) is 3.29.